The molecule has 0 aliphatic carbocycles. The van der Waals surface area contributed by atoms with Crippen molar-refractivity contribution in [2.24, 2.45) is 5.92 Å². The average molecular weight is 283 g/mol. The van der Waals surface area contributed by atoms with Crippen LogP contribution in [0, 0.1) is 5.92 Å². The van der Waals surface area contributed by atoms with Crippen molar-refractivity contribution in [3.05, 3.63) is 0 Å². The number of hydrogen-bond donors (Lipinski definition) is 1. The molecular weight excluding hydrogens is 258 g/mol. The van der Waals surface area contributed by atoms with Crippen molar-refractivity contribution in [1.29, 1.82) is 0 Å². The lowest BCUT2D eigenvalue weighted by Gasteiger charge is -2.35. The van der Waals surface area contributed by atoms with Crippen molar-refractivity contribution in [2.45, 2.75) is 31.7 Å². The van der Waals surface area contributed by atoms with Gasteiger partial charge in [0.05, 0.1) is 6.04 Å². The Morgan fingerprint density at radius 3 is 2.53 bits per heavy atom. The summed E-state index contributed by atoms with van der Waals surface area (Å²) in [5.74, 6) is 3.03. The summed E-state index contributed by atoms with van der Waals surface area (Å²) in [5.41, 5.74) is 0. The Bertz CT molecular complexity index is 306. The number of nitrogens with one attached hydrogen (secondary N) is 1. The highest BCUT2D eigenvalue weighted by Crippen LogP contribution is 2.22. The van der Waals surface area contributed by atoms with Crippen LogP contribution in [0.5, 0.6) is 0 Å². The van der Waals surface area contributed by atoms with Crippen molar-refractivity contribution < 1.29 is 4.79 Å². The van der Waals surface area contributed by atoms with Crippen LogP contribution in [0.2, 0.25) is 0 Å². The first kappa shape index (κ1) is 13.7. The van der Waals surface area contributed by atoms with Gasteiger partial charge < -0.3 is 9.80 Å². The Balaban J connectivity index is 1.42. The van der Waals surface area contributed by atoms with Gasteiger partial charge in [0, 0.05) is 31.3 Å². The van der Waals surface area contributed by atoms with Gasteiger partial charge in [0.2, 0.25) is 5.91 Å². The van der Waals surface area contributed by atoms with Crippen molar-refractivity contribution in [3.8, 4) is 0 Å². The van der Waals surface area contributed by atoms with Gasteiger partial charge in [-0.1, -0.05) is 0 Å². The molecule has 0 spiro atoms. The van der Waals surface area contributed by atoms with E-state index < -0.39 is 0 Å². The molecule has 0 bridgehead atoms. The molecule has 1 amide bonds. The van der Waals surface area contributed by atoms with Crippen LogP contribution in [-0.2, 0) is 4.79 Å². The lowest BCUT2D eigenvalue weighted by Crippen LogP contribution is -2.48. The second-order valence-electron chi connectivity index (χ2n) is 6.05. The van der Waals surface area contributed by atoms with Gasteiger partial charge in [0.15, 0.2) is 0 Å². The quantitative estimate of drug-likeness (QED) is 0.838. The topological polar surface area (TPSA) is 35.6 Å². The van der Waals surface area contributed by atoms with E-state index in [2.05, 4.69) is 15.1 Å². The molecule has 3 heterocycles. The minimum atomic E-state index is 0.0835. The molecule has 4 nitrogen and oxygen atoms in total. The normalized spacial score (nSPS) is 30.1. The van der Waals surface area contributed by atoms with Crippen LogP contribution in [-0.4, -0.2) is 66.1 Å². The maximum Gasteiger partial charge on any atom is 0.240 e. The molecule has 0 aromatic carbocycles. The molecule has 108 valence electrons. The van der Waals surface area contributed by atoms with E-state index in [9.17, 15) is 4.79 Å². The lowest BCUT2D eigenvalue weighted by molar-refractivity contribution is -0.134. The first-order chi connectivity index (χ1) is 9.33. The maximum absolute atomic E-state index is 12.3. The number of carbonyl (C=O) groups excluding carboxylic acids is 1. The Morgan fingerprint density at radius 1 is 1.16 bits per heavy atom. The molecule has 1 atom stereocenters. The third-order valence-corrected chi connectivity index (χ3v) is 5.60. The summed E-state index contributed by atoms with van der Waals surface area (Å²) < 4.78 is 0. The SMILES string of the molecule is O=C(C1CSCN1)N1CCC(CN2CCCC2)CC1. The number of thioether (sulfide) groups is 1. The highest BCUT2D eigenvalue weighted by atomic mass is 32.2. The molecule has 3 aliphatic heterocycles. The third kappa shape index (κ3) is 3.44. The zero-order chi connectivity index (χ0) is 13.1. The van der Waals surface area contributed by atoms with E-state index in [-0.39, 0.29) is 6.04 Å². The van der Waals surface area contributed by atoms with Gasteiger partial charge >= 0.3 is 0 Å². The van der Waals surface area contributed by atoms with E-state index in [0.29, 0.717) is 5.91 Å². The van der Waals surface area contributed by atoms with Crippen molar-refractivity contribution >= 4 is 17.7 Å². The minimum Gasteiger partial charge on any atom is -0.341 e. The Morgan fingerprint density at radius 2 is 1.89 bits per heavy atom. The van der Waals surface area contributed by atoms with Crippen LogP contribution in [0.25, 0.3) is 0 Å². The van der Waals surface area contributed by atoms with Gasteiger partial charge in [-0.2, -0.15) is 0 Å². The minimum absolute atomic E-state index is 0.0835. The predicted octanol–water partition coefficient (Wildman–Crippen LogP) is 0.983. The van der Waals surface area contributed by atoms with Gasteiger partial charge in [-0.05, 0) is 44.7 Å². The zero-order valence-corrected chi connectivity index (χ0v) is 12.5. The van der Waals surface area contributed by atoms with Crippen LogP contribution in [0.1, 0.15) is 25.7 Å². The summed E-state index contributed by atoms with van der Waals surface area (Å²) in [7, 11) is 0. The van der Waals surface area contributed by atoms with E-state index in [0.717, 1.165) is 30.6 Å². The van der Waals surface area contributed by atoms with E-state index in [4.69, 9.17) is 0 Å². The van der Waals surface area contributed by atoms with Gasteiger partial charge in [0.25, 0.3) is 0 Å². The van der Waals surface area contributed by atoms with Crippen LogP contribution >= 0.6 is 11.8 Å². The summed E-state index contributed by atoms with van der Waals surface area (Å²) in [5, 5.41) is 3.29. The van der Waals surface area contributed by atoms with E-state index >= 15 is 0 Å². The molecule has 1 N–H and O–H groups in total. The largest absolute Gasteiger partial charge is 0.341 e. The van der Waals surface area contributed by atoms with E-state index in [1.54, 1.807) is 0 Å². The monoisotopic (exact) mass is 283 g/mol. The van der Waals surface area contributed by atoms with Crippen LogP contribution in [0.3, 0.4) is 0 Å². The van der Waals surface area contributed by atoms with E-state index in [1.165, 1.54) is 45.3 Å². The summed E-state index contributed by atoms with van der Waals surface area (Å²) in [6, 6.07) is 0.0835. The summed E-state index contributed by atoms with van der Waals surface area (Å²) >= 11 is 1.83. The standard InChI is InChI=1S/C14H25N3OS/c18-14(13-10-19-11-15-13)17-7-3-12(4-8-17)9-16-5-1-2-6-16/h12-13,15H,1-11H2. The fourth-order valence-electron chi connectivity index (χ4n) is 3.44. The highest BCUT2D eigenvalue weighted by molar-refractivity contribution is 7.99. The van der Waals surface area contributed by atoms with Crippen molar-refractivity contribution in [2.75, 3.05) is 44.4 Å². The number of likely N-dealkylation sites (tertiary alicyclic amines) is 2. The molecule has 5 heteroatoms. The average Bonchev–Trinajstić information content (AvgIpc) is 3.12. The third-order valence-electron chi connectivity index (χ3n) is 4.66. The van der Waals surface area contributed by atoms with Crippen molar-refractivity contribution in [1.82, 2.24) is 15.1 Å². The summed E-state index contributed by atoms with van der Waals surface area (Å²) in [6.07, 6.45) is 5.15. The predicted molar refractivity (Wildman–Crippen MR) is 79.2 cm³/mol. The van der Waals surface area contributed by atoms with Gasteiger partial charge in [0.1, 0.15) is 0 Å². The smallest absolute Gasteiger partial charge is 0.240 e. The maximum atomic E-state index is 12.3. The van der Waals surface area contributed by atoms with E-state index in [1.807, 2.05) is 11.8 Å². The number of carbonyl (C=O) groups is 1. The lowest BCUT2D eigenvalue weighted by atomic mass is 9.96. The Labute approximate surface area is 120 Å². The number of rotatable bonds is 3. The molecule has 0 saturated carbocycles. The number of amides is 1. The van der Waals surface area contributed by atoms with Crippen LogP contribution in [0.4, 0.5) is 0 Å². The number of piperidine rings is 1. The number of hydrogen-bond acceptors (Lipinski definition) is 4. The molecule has 3 aliphatic rings. The second-order valence-corrected chi connectivity index (χ2v) is 7.08. The molecule has 0 aromatic rings. The van der Waals surface area contributed by atoms with Crippen molar-refractivity contribution in [3.63, 3.8) is 0 Å². The zero-order valence-electron chi connectivity index (χ0n) is 11.6. The fraction of sp³-hybridized carbons (Fsp3) is 0.929. The first-order valence-electron chi connectivity index (χ1n) is 7.65. The molecule has 1 unspecified atom stereocenters. The Kier molecular flexibility index (Phi) is 4.66. The fourth-order valence-corrected chi connectivity index (χ4v) is 4.37. The van der Waals surface area contributed by atoms with Crippen LogP contribution in [0.15, 0.2) is 0 Å². The van der Waals surface area contributed by atoms with Crippen LogP contribution < -0.4 is 5.32 Å². The second kappa shape index (κ2) is 6.46. The molecule has 3 rings (SSSR count). The van der Waals surface area contributed by atoms with Gasteiger partial charge in [-0.15, -0.1) is 11.8 Å². The molecule has 0 aromatic heterocycles. The molecule has 3 fully saturated rings. The summed E-state index contributed by atoms with van der Waals surface area (Å²) in [6.45, 7) is 5.80. The van der Waals surface area contributed by atoms with Gasteiger partial charge in [-0.25, -0.2) is 0 Å². The Hall–Kier alpha value is -0.260. The van der Waals surface area contributed by atoms with Gasteiger partial charge in [-0.3, -0.25) is 10.1 Å². The highest BCUT2D eigenvalue weighted by Gasteiger charge is 2.30. The molecule has 19 heavy (non-hydrogen) atoms. The first-order valence-corrected chi connectivity index (χ1v) is 8.80. The molecule has 3 saturated heterocycles. The summed E-state index contributed by atoms with van der Waals surface area (Å²) in [4.78, 5) is 17.0. The molecule has 0 radical (unpaired) electrons. The number of nitrogens with zero attached hydrogens (tertiary/aromatic N) is 2. The molecular formula is C14H25N3OS.